The Labute approximate surface area is 128 Å². The first-order valence-electron chi connectivity index (χ1n) is 6.84. The predicted molar refractivity (Wildman–Crippen MR) is 80.8 cm³/mol. The Morgan fingerprint density at radius 3 is 3.15 bits per heavy atom. The Morgan fingerprint density at radius 1 is 1.60 bits per heavy atom. The zero-order valence-electron chi connectivity index (χ0n) is 11.8. The van der Waals surface area contributed by atoms with Gasteiger partial charge in [-0.25, -0.2) is 0 Å². The van der Waals surface area contributed by atoms with Gasteiger partial charge in [0, 0.05) is 30.0 Å². The zero-order chi connectivity index (χ0) is 14.5. The lowest BCUT2D eigenvalue weighted by molar-refractivity contribution is -0.122. The second-order valence-corrected chi connectivity index (χ2v) is 5.94. The summed E-state index contributed by atoms with van der Waals surface area (Å²) in [6, 6.07) is 5.92. The maximum Gasteiger partial charge on any atom is 0.220 e. The number of carbonyl (C=O) groups is 1. The van der Waals surface area contributed by atoms with Gasteiger partial charge in [-0.05, 0) is 31.5 Å². The van der Waals surface area contributed by atoms with Crippen molar-refractivity contribution in [2.75, 3.05) is 13.7 Å². The number of fused-ring (bicyclic) bond motifs is 1. The number of nitrogens with one attached hydrogen (secondary N) is 1. The third-order valence-corrected chi connectivity index (χ3v) is 4.02. The Morgan fingerprint density at radius 2 is 2.40 bits per heavy atom. The quantitative estimate of drug-likeness (QED) is 0.894. The van der Waals surface area contributed by atoms with Gasteiger partial charge >= 0.3 is 0 Å². The fraction of sp³-hybridized carbons (Fsp3) is 0.533. The molecule has 1 amide bonds. The topological polar surface area (TPSA) is 47.6 Å². The van der Waals surface area contributed by atoms with Crippen molar-refractivity contribution in [3.8, 4) is 5.75 Å². The number of methoxy groups -OCH3 is 1. The van der Waals surface area contributed by atoms with Crippen molar-refractivity contribution in [2.45, 2.75) is 38.3 Å². The summed E-state index contributed by atoms with van der Waals surface area (Å²) >= 11 is 3.46. The second kappa shape index (κ2) is 7.09. The van der Waals surface area contributed by atoms with Gasteiger partial charge in [0.25, 0.3) is 0 Å². The van der Waals surface area contributed by atoms with Crippen LogP contribution >= 0.6 is 15.9 Å². The van der Waals surface area contributed by atoms with Crippen molar-refractivity contribution in [1.29, 1.82) is 0 Å². The Kier molecular flexibility index (Phi) is 5.43. The molecule has 4 nitrogen and oxygen atoms in total. The number of amides is 1. The third-order valence-electron chi connectivity index (χ3n) is 3.53. The highest BCUT2D eigenvalue weighted by molar-refractivity contribution is 9.10. The Balaban J connectivity index is 1.97. The van der Waals surface area contributed by atoms with Crippen molar-refractivity contribution in [1.82, 2.24) is 5.32 Å². The number of hydrogen-bond acceptors (Lipinski definition) is 3. The van der Waals surface area contributed by atoms with Crippen molar-refractivity contribution in [3.05, 3.63) is 28.2 Å². The molecule has 1 aromatic rings. The average Bonchev–Trinajstić information content (AvgIpc) is 2.45. The maximum absolute atomic E-state index is 12.0. The number of rotatable bonds is 5. The first-order valence-corrected chi connectivity index (χ1v) is 7.64. The molecule has 0 aliphatic carbocycles. The van der Waals surface area contributed by atoms with E-state index in [4.69, 9.17) is 9.47 Å². The van der Waals surface area contributed by atoms with Crippen LogP contribution in [-0.2, 0) is 9.53 Å². The van der Waals surface area contributed by atoms with Crippen molar-refractivity contribution in [2.24, 2.45) is 0 Å². The predicted octanol–water partition coefficient (Wildman–Crippen LogP) is 3.20. The normalized spacial score (nSPS) is 18.9. The van der Waals surface area contributed by atoms with E-state index in [0.717, 1.165) is 28.6 Å². The van der Waals surface area contributed by atoms with Gasteiger partial charge in [0.15, 0.2) is 0 Å². The number of benzene rings is 1. The van der Waals surface area contributed by atoms with Gasteiger partial charge in [-0.3, -0.25) is 4.79 Å². The van der Waals surface area contributed by atoms with Crippen LogP contribution in [0.2, 0.25) is 0 Å². The molecular weight excluding hydrogens is 322 g/mol. The number of halogens is 1. The van der Waals surface area contributed by atoms with E-state index >= 15 is 0 Å². The van der Waals surface area contributed by atoms with Gasteiger partial charge in [0.1, 0.15) is 5.75 Å². The molecule has 1 aliphatic heterocycles. The van der Waals surface area contributed by atoms with E-state index in [1.165, 1.54) is 0 Å². The van der Waals surface area contributed by atoms with Crippen molar-refractivity contribution >= 4 is 21.8 Å². The summed E-state index contributed by atoms with van der Waals surface area (Å²) in [7, 11) is 1.66. The van der Waals surface area contributed by atoms with E-state index < -0.39 is 0 Å². The minimum atomic E-state index is 0.0293. The maximum atomic E-state index is 12.0. The van der Waals surface area contributed by atoms with Crippen LogP contribution in [0.5, 0.6) is 5.75 Å². The van der Waals surface area contributed by atoms with Crippen LogP contribution in [-0.4, -0.2) is 25.7 Å². The highest BCUT2D eigenvalue weighted by atomic mass is 79.9. The summed E-state index contributed by atoms with van der Waals surface area (Å²) in [6.45, 7) is 2.60. The number of hydrogen-bond donors (Lipinski definition) is 1. The molecular formula is C15H20BrNO3. The lowest BCUT2D eigenvalue weighted by Gasteiger charge is -2.27. The Hall–Kier alpha value is -1.07. The smallest absolute Gasteiger partial charge is 0.220 e. The zero-order valence-corrected chi connectivity index (χ0v) is 13.4. The summed E-state index contributed by atoms with van der Waals surface area (Å²) in [5.41, 5.74) is 1.04. The summed E-state index contributed by atoms with van der Waals surface area (Å²) < 4.78 is 11.8. The lowest BCUT2D eigenvalue weighted by Crippen LogP contribution is -2.32. The molecule has 1 N–H and O–H groups in total. The molecule has 2 rings (SSSR count). The molecule has 1 heterocycles. The van der Waals surface area contributed by atoms with Gasteiger partial charge < -0.3 is 14.8 Å². The molecule has 0 radical (unpaired) electrons. The molecule has 0 saturated heterocycles. The fourth-order valence-electron chi connectivity index (χ4n) is 2.23. The minimum absolute atomic E-state index is 0.0293. The number of carbonyl (C=O) groups excluding carboxylic acids is 1. The van der Waals surface area contributed by atoms with Gasteiger partial charge in [0.2, 0.25) is 5.91 Å². The molecule has 110 valence electrons. The first kappa shape index (κ1) is 15.3. The van der Waals surface area contributed by atoms with Crippen LogP contribution in [0.3, 0.4) is 0 Å². The molecule has 0 spiro atoms. The SMILES string of the molecule is CO[C@H](C)CCC(=O)N[C@@H]1CCOc2ccc(Br)cc21. The van der Waals surface area contributed by atoms with Crippen LogP contribution in [0.25, 0.3) is 0 Å². The van der Waals surface area contributed by atoms with E-state index in [9.17, 15) is 4.79 Å². The molecule has 0 aromatic heterocycles. The van der Waals surface area contributed by atoms with Crippen molar-refractivity contribution < 1.29 is 14.3 Å². The van der Waals surface area contributed by atoms with E-state index in [1.54, 1.807) is 7.11 Å². The number of ether oxygens (including phenoxy) is 2. The van der Waals surface area contributed by atoms with Gasteiger partial charge in [-0.15, -0.1) is 0 Å². The highest BCUT2D eigenvalue weighted by Gasteiger charge is 2.23. The first-order chi connectivity index (χ1) is 9.60. The van der Waals surface area contributed by atoms with Crippen LogP contribution in [0, 0.1) is 0 Å². The van der Waals surface area contributed by atoms with E-state index in [1.807, 2.05) is 25.1 Å². The van der Waals surface area contributed by atoms with E-state index in [0.29, 0.717) is 13.0 Å². The lowest BCUT2D eigenvalue weighted by atomic mass is 10.0. The van der Waals surface area contributed by atoms with Crippen LogP contribution in [0.1, 0.15) is 37.8 Å². The fourth-order valence-corrected chi connectivity index (χ4v) is 2.61. The molecule has 2 atom stereocenters. The Bertz CT molecular complexity index is 478. The summed E-state index contributed by atoms with van der Waals surface area (Å²) in [5.74, 6) is 0.918. The largest absolute Gasteiger partial charge is 0.493 e. The standard InChI is InChI=1S/C15H20BrNO3/c1-10(19-2)3-6-15(18)17-13-7-8-20-14-5-4-11(16)9-12(13)14/h4-5,9-10,13H,3,6-8H2,1-2H3,(H,17,18)/t10-,13-/m1/s1. The molecule has 1 aliphatic rings. The van der Waals surface area contributed by atoms with Crippen LogP contribution in [0.4, 0.5) is 0 Å². The molecule has 0 unspecified atom stereocenters. The second-order valence-electron chi connectivity index (χ2n) is 5.02. The summed E-state index contributed by atoms with van der Waals surface area (Å²) in [4.78, 5) is 12.0. The molecule has 0 bridgehead atoms. The van der Waals surface area contributed by atoms with E-state index in [-0.39, 0.29) is 18.1 Å². The summed E-state index contributed by atoms with van der Waals surface area (Å²) in [6.07, 6.45) is 2.12. The molecule has 20 heavy (non-hydrogen) atoms. The molecule has 5 heteroatoms. The van der Waals surface area contributed by atoms with Crippen LogP contribution in [0.15, 0.2) is 22.7 Å². The monoisotopic (exact) mass is 341 g/mol. The summed E-state index contributed by atoms with van der Waals surface area (Å²) in [5, 5.41) is 3.09. The van der Waals surface area contributed by atoms with Gasteiger partial charge in [-0.1, -0.05) is 15.9 Å². The minimum Gasteiger partial charge on any atom is -0.493 e. The van der Waals surface area contributed by atoms with E-state index in [2.05, 4.69) is 21.2 Å². The van der Waals surface area contributed by atoms with Gasteiger partial charge in [-0.2, -0.15) is 0 Å². The molecule has 0 saturated carbocycles. The molecule has 0 fully saturated rings. The van der Waals surface area contributed by atoms with Crippen LogP contribution < -0.4 is 10.1 Å². The highest BCUT2D eigenvalue weighted by Crippen LogP contribution is 2.34. The molecule has 1 aromatic carbocycles. The van der Waals surface area contributed by atoms with Crippen molar-refractivity contribution in [3.63, 3.8) is 0 Å². The third kappa shape index (κ3) is 3.96. The van der Waals surface area contributed by atoms with Gasteiger partial charge in [0.05, 0.1) is 18.8 Å². The average molecular weight is 342 g/mol.